The number of carbonyl (C=O) groups excluding carboxylic acids is 2. The van der Waals surface area contributed by atoms with E-state index in [1.54, 1.807) is 4.90 Å². The Hall–Kier alpha value is -3.02. The zero-order chi connectivity index (χ0) is 23.2. The smallest absolute Gasteiger partial charge is 0.265 e. The van der Waals surface area contributed by atoms with E-state index in [1.807, 2.05) is 73.7 Å². The molecule has 1 aliphatic rings. The van der Waals surface area contributed by atoms with E-state index < -0.39 is 0 Å². The van der Waals surface area contributed by atoms with Crippen LogP contribution in [0.3, 0.4) is 0 Å². The van der Waals surface area contributed by atoms with E-state index in [9.17, 15) is 9.59 Å². The number of aryl methyl sites for hydroxylation is 1. The Morgan fingerprint density at radius 1 is 1.03 bits per heavy atom. The van der Waals surface area contributed by atoms with Crippen molar-refractivity contribution in [2.24, 2.45) is 0 Å². The molecule has 4 nitrogen and oxygen atoms in total. The molecule has 0 aromatic heterocycles. The maximum atomic E-state index is 13.3. The van der Waals surface area contributed by atoms with Gasteiger partial charge in [0, 0.05) is 22.0 Å². The van der Waals surface area contributed by atoms with Crippen molar-refractivity contribution < 1.29 is 9.59 Å². The monoisotopic (exact) mass is 476 g/mol. The van der Waals surface area contributed by atoms with Gasteiger partial charge in [-0.05, 0) is 49.1 Å². The van der Waals surface area contributed by atoms with Crippen LogP contribution in [0.4, 0.5) is 5.69 Å². The zero-order valence-electron chi connectivity index (χ0n) is 18.3. The van der Waals surface area contributed by atoms with Gasteiger partial charge in [-0.25, -0.2) is 0 Å². The number of halogens is 1. The molecule has 0 unspecified atom stereocenters. The van der Waals surface area contributed by atoms with Crippen LogP contribution in [0.25, 0.3) is 0 Å². The summed E-state index contributed by atoms with van der Waals surface area (Å²) in [6.45, 7) is 2.32. The molecule has 1 aliphatic heterocycles. The molecule has 6 heteroatoms. The zero-order valence-corrected chi connectivity index (χ0v) is 19.9. The fourth-order valence-corrected chi connectivity index (χ4v) is 4.95. The minimum absolute atomic E-state index is 0.00948. The number of amides is 2. The Kier molecular flexibility index (Phi) is 7.53. The average Bonchev–Trinajstić information content (AvgIpc) is 2.82. The van der Waals surface area contributed by atoms with Gasteiger partial charge in [-0.1, -0.05) is 84.0 Å². The number of para-hydroxylation sites is 1. The van der Waals surface area contributed by atoms with E-state index in [0.717, 1.165) is 29.0 Å². The molecule has 2 amide bonds. The van der Waals surface area contributed by atoms with E-state index >= 15 is 0 Å². The summed E-state index contributed by atoms with van der Waals surface area (Å²) >= 11 is 7.67. The van der Waals surface area contributed by atoms with Gasteiger partial charge in [0.2, 0.25) is 5.91 Å². The second kappa shape index (κ2) is 10.7. The second-order valence-corrected chi connectivity index (χ2v) is 9.49. The minimum Gasteiger partial charge on any atom is -0.350 e. The summed E-state index contributed by atoms with van der Waals surface area (Å²) in [5.41, 5.74) is 2.91. The van der Waals surface area contributed by atoms with Gasteiger partial charge >= 0.3 is 0 Å². The number of nitrogens with zero attached hydrogens (tertiary/aromatic N) is 1. The number of nitrogens with one attached hydrogen (secondary N) is 1. The largest absolute Gasteiger partial charge is 0.350 e. The lowest BCUT2D eigenvalue weighted by atomic mass is 10.1. The topological polar surface area (TPSA) is 49.4 Å². The van der Waals surface area contributed by atoms with Crippen LogP contribution in [0.15, 0.2) is 94.7 Å². The van der Waals surface area contributed by atoms with Crippen molar-refractivity contribution in [2.45, 2.75) is 37.2 Å². The lowest BCUT2D eigenvalue weighted by Crippen LogP contribution is -2.36. The maximum Gasteiger partial charge on any atom is 0.265 e. The first-order valence-corrected chi connectivity index (χ1v) is 12.1. The molecule has 33 heavy (non-hydrogen) atoms. The molecular formula is C27H25ClN2O2S. The Morgan fingerprint density at radius 3 is 2.52 bits per heavy atom. The molecule has 3 aromatic rings. The molecule has 0 bridgehead atoms. The standard InChI is InChI=1S/C27H25ClN2O2S/c1-19(15-16-20-9-3-2-4-10-20)29-26(31)17-25-27(32)30(18-21-11-5-6-12-22(21)28)23-13-7-8-14-24(23)33-25/h2-14,17,19H,15-16,18H2,1H3,(H,29,31)/b25-17+/t19-/m1/s1. The molecule has 0 fully saturated rings. The number of benzene rings is 3. The molecule has 168 valence electrons. The predicted octanol–water partition coefficient (Wildman–Crippen LogP) is 6.00. The second-order valence-electron chi connectivity index (χ2n) is 7.99. The van der Waals surface area contributed by atoms with Gasteiger partial charge in [0.05, 0.1) is 17.1 Å². The number of hydrogen-bond acceptors (Lipinski definition) is 3. The molecule has 1 atom stereocenters. The molecule has 0 saturated carbocycles. The van der Waals surface area contributed by atoms with Crippen LogP contribution in [-0.4, -0.2) is 17.9 Å². The lowest BCUT2D eigenvalue weighted by Gasteiger charge is -2.30. The normalized spacial score (nSPS) is 15.3. The fraction of sp³-hybridized carbons (Fsp3) is 0.185. The first-order valence-electron chi connectivity index (χ1n) is 10.9. The highest BCUT2D eigenvalue weighted by Crippen LogP contribution is 2.42. The number of rotatable bonds is 7. The summed E-state index contributed by atoms with van der Waals surface area (Å²) in [6.07, 6.45) is 3.12. The molecule has 0 aliphatic carbocycles. The summed E-state index contributed by atoms with van der Waals surface area (Å²) < 4.78 is 0. The molecule has 4 rings (SSSR count). The third kappa shape index (κ3) is 5.86. The molecule has 0 spiro atoms. The van der Waals surface area contributed by atoms with E-state index in [2.05, 4.69) is 17.4 Å². The summed E-state index contributed by atoms with van der Waals surface area (Å²) in [4.78, 5) is 29.1. The molecule has 1 heterocycles. The van der Waals surface area contributed by atoms with Crippen LogP contribution in [0.1, 0.15) is 24.5 Å². The van der Waals surface area contributed by atoms with Crippen LogP contribution in [0.2, 0.25) is 5.02 Å². The fourth-order valence-electron chi connectivity index (χ4n) is 3.72. The van der Waals surface area contributed by atoms with Crippen LogP contribution >= 0.6 is 23.4 Å². The summed E-state index contributed by atoms with van der Waals surface area (Å²) in [6, 6.07) is 25.4. The Balaban J connectivity index is 1.48. The minimum atomic E-state index is -0.261. The Morgan fingerprint density at radius 2 is 1.73 bits per heavy atom. The van der Waals surface area contributed by atoms with Gasteiger partial charge in [0.1, 0.15) is 0 Å². The van der Waals surface area contributed by atoms with Gasteiger partial charge in [-0.15, -0.1) is 0 Å². The third-order valence-electron chi connectivity index (χ3n) is 5.48. The molecule has 3 aromatic carbocycles. The molecular weight excluding hydrogens is 452 g/mol. The van der Waals surface area contributed by atoms with Crippen molar-refractivity contribution in [1.82, 2.24) is 5.32 Å². The number of carbonyl (C=O) groups is 2. The van der Waals surface area contributed by atoms with E-state index in [-0.39, 0.29) is 17.9 Å². The van der Waals surface area contributed by atoms with Gasteiger partial charge in [0.25, 0.3) is 5.91 Å². The van der Waals surface area contributed by atoms with Gasteiger partial charge < -0.3 is 10.2 Å². The third-order valence-corrected chi connectivity index (χ3v) is 6.92. The highest BCUT2D eigenvalue weighted by atomic mass is 35.5. The van der Waals surface area contributed by atoms with Crippen molar-refractivity contribution in [3.8, 4) is 0 Å². The number of hydrogen-bond donors (Lipinski definition) is 1. The van der Waals surface area contributed by atoms with Gasteiger partial charge in [0.15, 0.2) is 0 Å². The molecule has 0 radical (unpaired) electrons. The van der Waals surface area contributed by atoms with Gasteiger partial charge in [-0.2, -0.15) is 0 Å². The quantitative estimate of drug-likeness (QED) is 0.425. The number of thioether (sulfide) groups is 1. The first-order chi connectivity index (χ1) is 16.0. The SMILES string of the molecule is C[C@H](CCc1ccccc1)NC(=O)/C=C1/Sc2ccccc2N(Cc2ccccc2Cl)C1=O. The number of anilines is 1. The van der Waals surface area contributed by atoms with Crippen molar-refractivity contribution in [3.63, 3.8) is 0 Å². The van der Waals surface area contributed by atoms with Crippen LogP contribution in [-0.2, 0) is 22.6 Å². The highest BCUT2D eigenvalue weighted by Gasteiger charge is 2.30. The Labute approximate surface area is 203 Å². The highest BCUT2D eigenvalue weighted by molar-refractivity contribution is 8.04. The van der Waals surface area contributed by atoms with Crippen molar-refractivity contribution >= 4 is 40.9 Å². The summed E-state index contributed by atoms with van der Waals surface area (Å²) in [5, 5.41) is 3.60. The lowest BCUT2D eigenvalue weighted by molar-refractivity contribution is -0.118. The summed E-state index contributed by atoms with van der Waals surface area (Å²) in [7, 11) is 0. The van der Waals surface area contributed by atoms with E-state index in [1.165, 1.54) is 23.4 Å². The molecule has 1 N–H and O–H groups in total. The van der Waals surface area contributed by atoms with Crippen LogP contribution in [0.5, 0.6) is 0 Å². The molecule has 0 saturated heterocycles. The summed E-state index contributed by atoms with van der Waals surface area (Å²) in [5.74, 6) is -0.464. The Bertz CT molecular complexity index is 1180. The van der Waals surface area contributed by atoms with Crippen molar-refractivity contribution in [1.29, 1.82) is 0 Å². The van der Waals surface area contributed by atoms with Crippen LogP contribution < -0.4 is 10.2 Å². The van der Waals surface area contributed by atoms with Crippen LogP contribution in [0, 0.1) is 0 Å². The predicted molar refractivity (Wildman–Crippen MR) is 135 cm³/mol. The van der Waals surface area contributed by atoms with Crippen molar-refractivity contribution in [3.05, 3.63) is 106 Å². The van der Waals surface area contributed by atoms with E-state index in [0.29, 0.717) is 16.5 Å². The number of fused-ring (bicyclic) bond motifs is 1. The maximum absolute atomic E-state index is 13.3. The van der Waals surface area contributed by atoms with Gasteiger partial charge in [-0.3, -0.25) is 9.59 Å². The average molecular weight is 477 g/mol. The van der Waals surface area contributed by atoms with E-state index in [4.69, 9.17) is 11.6 Å². The first kappa shape index (κ1) is 23.1. The van der Waals surface area contributed by atoms with Crippen molar-refractivity contribution in [2.75, 3.05) is 4.90 Å².